The minimum Gasteiger partial charge on any atom is -0.481 e. The Labute approximate surface area is 80.8 Å². The molecule has 0 aromatic carbocycles. The van der Waals surface area contributed by atoms with Crippen molar-refractivity contribution in [2.75, 3.05) is 7.11 Å². The van der Waals surface area contributed by atoms with Crippen LogP contribution in [0, 0.1) is 6.20 Å². The van der Waals surface area contributed by atoms with Crippen molar-refractivity contribution < 1.29 is 4.74 Å². The van der Waals surface area contributed by atoms with Gasteiger partial charge >= 0.3 is 0 Å². The van der Waals surface area contributed by atoms with Crippen LogP contribution in [0.25, 0.3) is 11.5 Å². The molecule has 0 aliphatic carbocycles. The number of nitrogens with zero attached hydrogens (tertiary/aromatic N) is 4. The fourth-order valence-corrected chi connectivity index (χ4v) is 0.946. The van der Waals surface area contributed by atoms with Crippen molar-refractivity contribution in [3.05, 3.63) is 30.9 Å². The van der Waals surface area contributed by atoms with Crippen LogP contribution in [0.15, 0.2) is 24.7 Å². The Bertz CT molecular complexity index is 418. The van der Waals surface area contributed by atoms with E-state index in [4.69, 9.17) is 4.74 Å². The van der Waals surface area contributed by atoms with E-state index >= 15 is 0 Å². The van der Waals surface area contributed by atoms with E-state index in [0.29, 0.717) is 17.4 Å². The maximum Gasteiger partial charge on any atom is 0.216 e. The highest BCUT2D eigenvalue weighted by molar-refractivity contribution is 5.46. The number of aromatic nitrogens is 4. The molecule has 0 unspecified atom stereocenters. The fourth-order valence-electron chi connectivity index (χ4n) is 0.946. The Morgan fingerprint density at radius 3 is 2.86 bits per heavy atom. The van der Waals surface area contributed by atoms with Gasteiger partial charge in [-0.25, -0.2) is 9.97 Å². The fraction of sp³-hybridized carbons (Fsp3) is 0.111. The van der Waals surface area contributed by atoms with Crippen LogP contribution in [-0.4, -0.2) is 27.0 Å². The monoisotopic (exact) mass is 187 g/mol. The van der Waals surface area contributed by atoms with Gasteiger partial charge in [0, 0.05) is 24.7 Å². The molecule has 0 spiro atoms. The van der Waals surface area contributed by atoms with Crippen LogP contribution in [-0.2, 0) is 0 Å². The molecule has 2 aromatic rings. The number of rotatable bonds is 2. The van der Waals surface area contributed by atoms with Crippen LogP contribution < -0.4 is 4.74 Å². The summed E-state index contributed by atoms with van der Waals surface area (Å²) in [7, 11) is 1.55. The lowest BCUT2D eigenvalue weighted by Crippen LogP contribution is -1.94. The van der Waals surface area contributed by atoms with E-state index in [-0.39, 0.29) is 0 Å². The Morgan fingerprint density at radius 2 is 2.14 bits per heavy atom. The molecular formula is C9H7N4O. The number of methoxy groups -OCH3 is 1. The van der Waals surface area contributed by atoms with Crippen molar-refractivity contribution in [3.8, 4) is 17.4 Å². The van der Waals surface area contributed by atoms with Gasteiger partial charge in [-0.05, 0) is 0 Å². The molecule has 0 aliphatic heterocycles. The average molecular weight is 187 g/mol. The van der Waals surface area contributed by atoms with E-state index < -0.39 is 0 Å². The van der Waals surface area contributed by atoms with Crippen molar-refractivity contribution in [3.63, 3.8) is 0 Å². The van der Waals surface area contributed by atoms with Crippen LogP contribution in [0.3, 0.4) is 0 Å². The second kappa shape index (κ2) is 3.78. The van der Waals surface area contributed by atoms with E-state index in [0.717, 1.165) is 0 Å². The van der Waals surface area contributed by atoms with Gasteiger partial charge in [-0.3, -0.25) is 4.98 Å². The molecular weight excluding hydrogens is 180 g/mol. The maximum atomic E-state index is 4.96. The summed E-state index contributed by atoms with van der Waals surface area (Å²) >= 11 is 0. The molecule has 0 atom stereocenters. The summed E-state index contributed by atoms with van der Waals surface area (Å²) in [6, 6.07) is 1.67. The smallest absolute Gasteiger partial charge is 0.216 e. The van der Waals surface area contributed by atoms with Gasteiger partial charge in [0.15, 0.2) is 5.82 Å². The first-order valence-corrected chi connectivity index (χ1v) is 3.96. The van der Waals surface area contributed by atoms with Crippen molar-refractivity contribution in [2.45, 2.75) is 0 Å². The molecule has 2 heterocycles. The first-order chi connectivity index (χ1) is 6.90. The van der Waals surface area contributed by atoms with Gasteiger partial charge in [0.1, 0.15) is 11.9 Å². The van der Waals surface area contributed by atoms with Gasteiger partial charge in [0.25, 0.3) is 0 Å². The average Bonchev–Trinajstić information content (AvgIpc) is 2.30. The van der Waals surface area contributed by atoms with Gasteiger partial charge < -0.3 is 4.74 Å². The van der Waals surface area contributed by atoms with Crippen molar-refractivity contribution in [2.24, 2.45) is 0 Å². The van der Waals surface area contributed by atoms with Gasteiger partial charge in [-0.2, -0.15) is 4.98 Å². The second-order valence-corrected chi connectivity index (χ2v) is 2.44. The highest BCUT2D eigenvalue weighted by atomic mass is 16.5. The summed E-state index contributed by atoms with van der Waals surface area (Å²) in [5.41, 5.74) is 0.506. The minimum atomic E-state index is 0.456. The third-order valence-corrected chi connectivity index (χ3v) is 1.57. The molecule has 0 aliphatic rings. The highest BCUT2D eigenvalue weighted by Crippen LogP contribution is 2.12. The number of hydrogen-bond donors (Lipinski definition) is 0. The van der Waals surface area contributed by atoms with E-state index in [1.807, 2.05) is 0 Å². The number of ether oxygens (including phenoxy) is 1. The largest absolute Gasteiger partial charge is 0.481 e. The highest BCUT2D eigenvalue weighted by Gasteiger charge is 2.03. The lowest BCUT2D eigenvalue weighted by molar-refractivity contribution is 0.397. The molecule has 2 rings (SSSR count). The first kappa shape index (κ1) is 8.55. The van der Waals surface area contributed by atoms with Crippen molar-refractivity contribution in [1.82, 2.24) is 19.9 Å². The Hall–Kier alpha value is -2.04. The summed E-state index contributed by atoms with van der Waals surface area (Å²) in [6.07, 6.45) is 7.40. The predicted molar refractivity (Wildman–Crippen MR) is 48.4 cm³/mol. The Morgan fingerprint density at radius 1 is 1.21 bits per heavy atom. The van der Waals surface area contributed by atoms with Gasteiger partial charge in [-0.15, -0.1) is 0 Å². The molecule has 0 N–H and O–H groups in total. The molecule has 14 heavy (non-hydrogen) atoms. The molecule has 0 saturated carbocycles. The molecule has 69 valence electrons. The van der Waals surface area contributed by atoms with Crippen LogP contribution in [0.2, 0.25) is 0 Å². The zero-order chi connectivity index (χ0) is 9.80. The SMILES string of the molecule is COc1ccnc(-c2[c]nccn2)n1. The molecule has 0 saturated heterocycles. The van der Waals surface area contributed by atoms with E-state index in [9.17, 15) is 0 Å². The van der Waals surface area contributed by atoms with Crippen molar-refractivity contribution in [1.29, 1.82) is 0 Å². The molecule has 0 fully saturated rings. The topological polar surface area (TPSA) is 60.8 Å². The molecule has 1 radical (unpaired) electrons. The lowest BCUT2D eigenvalue weighted by Gasteiger charge is -2.00. The zero-order valence-corrected chi connectivity index (χ0v) is 7.51. The number of hydrogen-bond acceptors (Lipinski definition) is 5. The predicted octanol–water partition coefficient (Wildman–Crippen LogP) is 0.742. The van der Waals surface area contributed by atoms with Gasteiger partial charge in [-0.1, -0.05) is 0 Å². The van der Waals surface area contributed by atoms with E-state index in [2.05, 4.69) is 26.1 Å². The van der Waals surface area contributed by atoms with Crippen LogP contribution in [0.5, 0.6) is 5.88 Å². The standard InChI is InChI=1S/C9H7N4O/c1-14-8-2-3-12-9(13-8)7-6-10-4-5-11-7/h2-5H,1H3. The molecule has 0 amide bonds. The van der Waals surface area contributed by atoms with Crippen LogP contribution in [0.4, 0.5) is 0 Å². The van der Waals surface area contributed by atoms with Gasteiger partial charge in [0.05, 0.1) is 7.11 Å². The molecule has 5 heteroatoms. The van der Waals surface area contributed by atoms with Crippen LogP contribution >= 0.6 is 0 Å². The zero-order valence-electron chi connectivity index (χ0n) is 7.51. The van der Waals surface area contributed by atoms with E-state index in [1.165, 1.54) is 0 Å². The summed E-state index contributed by atoms with van der Waals surface area (Å²) in [4.78, 5) is 16.0. The summed E-state index contributed by atoms with van der Waals surface area (Å²) in [5.74, 6) is 0.950. The molecule has 2 aromatic heterocycles. The quantitative estimate of drug-likeness (QED) is 0.694. The van der Waals surface area contributed by atoms with E-state index in [1.54, 1.807) is 31.8 Å². The molecule has 0 bridgehead atoms. The molecule has 5 nitrogen and oxygen atoms in total. The summed E-state index contributed by atoms with van der Waals surface area (Å²) in [5, 5.41) is 0. The Balaban J connectivity index is 2.42. The third-order valence-electron chi connectivity index (χ3n) is 1.57. The maximum absolute atomic E-state index is 4.96. The second-order valence-electron chi connectivity index (χ2n) is 2.44. The third kappa shape index (κ3) is 1.66. The van der Waals surface area contributed by atoms with Crippen LogP contribution in [0.1, 0.15) is 0 Å². The summed E-state index contributed by atoms with van der Waals surface area (Å²) < 4.78 is 4.96. The minimum absolute atomic E-state index is 0.456. The normalized spacial score (nSPS) is 9.79. The van der Waals surface area contributed by atoms with Crippen molar-refractivity contribution >= 4 is 0 Å². The van der Waals surface area contributed by atoms with Gasteiger partial charge in [0.2, 0.25) is 5.88 Å². The first-order valence-electron chi connectivity index (χ1n) is 3.96. The summed E-state index contributed by atoms with van der Waals surface area (Å²) in [6.45, 7) is 0. The Kier molecular flexibility index (Phi) is 2.31. The lowest BCUT2D eigenvalue weighted by atomic mass is 10.4.